The number of phenolic OH excluding ortho intramolecular Hbond substituents is 1. The largest absolute Gasteiger partial charge is 0.507 e. The summed E-state index contributed by atoms with van der Waals surface area (Å²) < 4.78 is 6.29. The number of carbonyl (C=O) groups is 1. The summed E-state index contributed by atoms with van der Waals surface area (Å²) in [6.07, 6.45) is 5.52. The fraction of sp³-hybridized carbons (Fsp3) is 0.217. The summed E-state index contributed by atoms with van der Waals surface area (Å²) >= 11 is 0. The van der Waals surface area contributed by atoms with Crippen molar-refractivity contribution in [3.05, 3.63) is 58.6 Å². The maximum Gasteiger partial charge on any atom is 0.335 e. The first-order valence-corrected chi connectivity index (χ1v) is 10.3. The van der Waals surface area contributed by atoms with Crippen LogP contribution >= 0.6 is 0 Å². The van der Waals surface area contributed by atoms with Gasteiger partial charge in [-0.25, -0.2) is 14.8 Å². The predicted octanol–water partition coefficient (Wildman–Crippen LogP) is 3.71. The van der Waals surface area contributed by atoms with Crippen LogP contribution in [0, 0.1) is 0 Å². The van der Waals surface area contributed by atoms with Crippen LogP contribution in [-0.4, -0.2) is 42.2 Å². The molecule has 1 aliphatic carbocycles. The zero-order chi connectivity index (χ0) is 22.2. The van der Waals surface area contributed by atoms with Gasteiger partial charge in [0.25, 0.3) is 5.56 Å². The van der Waals surface area contributed by atoms with Crippen LogP contribution in [0.5, 0.6) is 11.5 Å². The molecule has 0 atom stereocenters. The SMILES string of the molecule is O=C(O)c1ccc(-c2ccc(-c3nc4[nH]cnc4c(=O)[nH]3)c(OC3CCCC3)c2)c(O)c1. The summed E-state index contributed by atoms with van der Waals surface area (Å²) in [6.45, 7) is 0. The zero-order valence-electron chi connectivity index (χ0n) is 17.0. The number of nitrogens with zero attached hydrogens (tertiary/aromatic N) is 2. The van der Waals surface area contributed by atoms with Gasteiger partial charge in [-0.15, -0.1) is 0 Å². The van der Waals surface area contributed by atoms with Crippen LogP contribution < -0.4 is 10.3 Å². The molecule has 5 rings (SSSR count). The number of carboxylic acids is 1. The summed E-state index contributed by atoms with van der Waals surface area (Å²) in [5.74, 6) is -0.388. The minimum atomic E-state index is -1.11. The Morgan fingerprint density at radius 2 is 1.88 bits per heavy atom. The second-order valence-electron chi connectivity index (χ2n) is 7.79. The number of carboxylic acid groups (broad SMARTS) is 1. The molecule has 1 saturated carbocycles. The van der Waals surface area contributed by atoms with E-state index in [1.807, 2.05) is 0 Å². The first-order valence-electron chi connectivity index (χ1n) is 10.3. The number of aromatic carboxylic acids is 1. The number of ether oxygens (including phenoxy) is 1. The Kier molecular flexibility index (Phi) is 4.85. The number of aromatic hydroxyl groups is 1. The highest BCUT2D eigenvalue weighted by Gasteiger charge is 2.21. The molecule has 2 aromatic carbocycles. The van der Waals surface area contributed by atoms with Gasteiger partial charge in [0.1, 0.15) is 17.3 Å². The quantitative estimate of drug-likeness (QED) is 0.377. The molecule has 162 valence electrons. The van der Waals surface area contributed by atoms with Crippen LogP contribution in [0.4, 0.5) is 0 Å². The molecule has 9 nitrogen and oxygen atoms in total. The van der Waals surface area contributed by atoms with E-state index in [0.29, 0.717) is 33.9 Å². The zero-order valence-corrected chi connectivity index (χ0v) is 17.0. The third-order valence-corrected chi connectivity index (χ3v) is 5.68. The molecule has 0 spiro atoms. The number of phenols is 1. The molecule has 0 radical (unpaired) electrons. The molecular weight excluding hydrogens is 412 g/mol. The van der Waals surface area contributed by atoms with Gasteiger partial charge in [0.05, 0.1) is 23.6 Å². The van der Waals surface area contributed by atoms with E-state index in [-0.39, 0.29) is 28.5 Å². The third kappa shape index (κ3) is 3.58. The van der Waals surface area contributed by atoms with Gasteiger partial charge < -0.3 is 24.9 Å². The molecule has 9 heteroatoms. The Labute approximate surface area is 181 Å². The fourth-order valence-corrected chi connectivity index (χ4v) is 4.05. The van der Waals surface area contributed by atoms with Crippen molar-refractivity contribution in [1.29, 1.82) is 0 Å². The van der Waals surface area contributed by atoms with E-state index in [1.54, 1.807) is 24.3 Å². The van der Waals surface area contributed by atoms with Gasteiger partial charge in [0.15, 0.2) is 11.2 Å². The number of nitrogens with one attached hydrogen (secondary N) is 2. The molecule has 1 aliphatic rings. The second kappa shape index (κ2) is 7.84. The molecule has 4 N–H and O–H groups in total. The van der Waals surface area contributed by atoms with Crippen LogP contribution in [0.1, 0.15) is 36.0 Å². The van der Waals surface area contributed by atoms with E-state index in [0.717, 1.165) is 25.7 Å². The van der Waals surface area contributed by atoms with E-state index < -0.39 is 5.97 Å². The maximum absolute atomic E-state index is 12.4. The minimum Gasteiger partial charge on any atom is -0.507 e. The highest BCUT2D eigenvalue weighted by molar-refractivity contribution is 5.90. The van der Waals surface area contributed by atoms with Crippen molar-refractivity contribution < 1.29 is 19.7 Å². The lowest BCUT2D eigenvalue weighted by atomic mass is 10.00. The molecule has 0 unspecified atom stereocenters. The molecule has 0 aliphatic heterocycles. The number of hydrogen-bond donors (Lipinski definition) is 4. The highest BCUT2D eigenvalue weighted by atomic mass is 16.5. The molecule has 0 amide bonds. The first-order chi connectivity index (χ1) is 15.5. The molecular formula is C23H20N4O5. The van der Waals surface area contributed by atoms with E-state index in [1.165, 1.54) is 18.5 Å². The number of rotatable bonds is 5. The van der Waals surface area contributed by atoms with Crippen LogP contribution in [0.2, 0.25) is 0 Å². The average Bonchev–Trinajstić information content (AvgIpc) is 3.46. The van der Waals surface area contributed by atoms with Gasteiger partial charge in [-0.05, 0) is 61.6 Å². The van der Waals surface area contributed by atoms with Crippen LogP contribution in [0.25, 0.3) is 33.7 Å². The van der Waals surface area contributed by atoms with E-state index in [2.05, 4.69) is 19.9 Å². The number of H-pyrrole nitrogens is 2. The summed E-state index contributed by atoms with van der Waals surface area (Å²) in [6, 6.07) is 9.53. The van der Waals surface area contributed by atoms with Gasteiger partial charge >= 0.3 is 5.97 Å². The van der Waals surface area contributed by atoms with Crippen molar-refractivity contribution >= 4 is 17.1 Å². The summed E-state index contributed by atoms with van der Waals surface area (Å²) in [4.78, 5) is 37.7. The smallest absolute Gasteiger partial charge is 0.335 e. The topological polar surface area (TPSA) is 141 Å². The second-order valence-corrected chi connectivity index (χ2v) is 7.79. The number of hydrogen-bond acceptors (Lipinski definition) is 6. The fourth-order valence-electron chi connectivity index (χ4n) is 4.05. The van der Waals surface area contributed by atoms with Crippen molar-refractivity contribution in [3.63, 3.8) is 0 Å². The monoisotopic (exact) mass is 432 g/mol. The Hall–Kier alpha value is -4.14. The molecule has 0 bridgehead atoms. The predicted molar refractivity (Wildman–Crippen MR) is 117 cm³/mol. The molecule has 4 aromatic rings. The van der Waals surface area contributed by atoms with Crippen molar-refractivity contribution in [3.8, 4) is 34.0 Å². The average molecular weight is 432 g/mol. The lowest BCUT2D eigenvalue weighted by molar-refractivity contribution is 0.0696. The van der Waals surface area contributed by atoms with Crippen LogP contribution in [0.15, 0.2) is 47.5 Å². The van der Waals surface area contributed by atoms with Crippen LogP contribution in [-0.2, 0) is 0 Å². The summed E-state index contributed by atoms with van der Waals surface area (Å²) in [5, 5.41) is 19.6. The molecule has 1 fully saturated rings. The number of aromatic amines is 2. The van der Waals surface area contributed by atoms with Gasteiger partial charge in [-0.2, -0.15) is 0 Å². The van der Waals surface area contributed by atoms with Gasteiger partial charge in [-0.1, -0.05) is 6.07 Å². The number of fused-ring (bicyclic) bond motifs is 1. The van der Waals surface area contributed by atoms with E-state index in [9.17, 15) is 14.7 Å². The normalized spacial score (nSPS) is 14.1. The number of aromatic nitrogens is 4. The number of imidazole rings is 1. The molecule has 2 heterocycles. The summed E-state index contributed by atoms with van der Waals surface area (Å²) in [5.41, 5.74) is 1.98. The number of benzene rings is 2. The minimum absolute atomic E-state index is 0.0000608. The van der Waals surface area contributed by atoms with E-state index >= 15 is 0 Å². The standard InChI is InChI=1S/C23H20N4O5/c28-17-9-13(23(30)31)6-7-15(17)12-5-8-16(18(10-12)32-14-3-1-2-4-14)20-26-21-19(22(29)27-20)24-11-25-21/h5-11,14,28H,1-4H2,(H,30,31)(H2,24,25,26,27,29). The van der Waals surface area contributed by atoms with Gasteiger partial charge in [-0.3, -0.25) is 4.79 Å². The molecule has 32 heavy (non-hydrogen) atoms. The van der Waals surface area contributed by atoms with Crippen molar-refractivity contribution in [2.24, 2.45) is 0 Å². The Bertz CT molecular complexity index is 1380. The third-order valence-electron chi connectivity index (χ3n) is 5.68. The Balaban J connectivity index is 1.62. The Morgan fingerprint density at radius 1 is 1.09 bits per heavy atom. The maximum atomic E-state index is 12.4. The first kappa shape index (κ1) is 19.8. The van der Waals surface area contributed by atoms with Crippen LogP contribution in [0.3, 0.4) is 0 Å². The lowest BCUT2D eigenvalue weighted by Crippen LogP contribution is -2.13. The molecule has 2 aromatic heterocycles. The van der Waals surface area contributed by atoms with Gasteiger partial charge in [0.2, 0.25) is 0 Å². The van der Waals surface area contributed by atoms with Crippen molar-refractivity contribution in [2.45, 2.75) is 31.8 Å². The highest BCUT2D eigenvalue weighted by Crippen LogP contribution is 2.38. The molecule has 0 saturated heterocycles. The van der Waals surface area contributed by atoms with Crippen molar-refractivity contribution in [2.75, 3.05) is 0 Å². The summed E-state index contributed by atoms with van der Waals surface area (Å²) in [7, 11) is 0. The van der Waals surface area contributed by atoms with Crippen molar-refractivity contribution in [1.82, 2.24) is 19.9 Å². The van der Waals surface area contributed by atoms with Gasteiger partial charge in [0, 0.05) is 5.56 Å². The lowest BCUT2D eigenvalue weighted by Gasteiger charge is -2.18. The Morgan fingerprint density at radius 3 is 2.62 bits per heavy atom. The van der Waals surface area contributed by atoms with E-state index in [4.69, 9.17) is 9.84 Å².